The lowest BCUT2D eigenvalue weighted by molar-refractivity contribution is -0.136. The lowest BCUT2D eigenvalue weighted by atomic mass is 10.0. The van der Waals surface area contributed by atoms with Crippen molar-refractivity contribution in [1.29, 1.82) is 0 Å². The summed E-state index contributed by atoms with van der Waals surface area (Å²) < 4.78 is 0. The monoisotopic (exact) mass is 433 g/mol. The lowest BCUT2D eigenvalue weighted by Crippen LogP contribution is -2.53. The number of fused-ring (bicyclic) bond motifs is 1. The van der Waals surface area contributed by atoms with Gasteiger partial charge in [-0.1, -0.05) is 0 Å². The van der Waals surface area contributed by atoms with Crippen molar-refractivity contribution in [2.45, 2.75) is 25.4 Å². The van der Waals surface area contributed by atoms with Crippen molar-refractivity contribution in [2.24, 2.45) is 5.92 Å². The largest absolute Gasteiger partial charge is 0.369 e. The van der Waals surface area contributed by atoms with Gasteiger partial charge in [-0.05, 0) is 36.1 Å². The maximum absolute atomic E-state index is 12.8. The van der Waals surface area contributed by atoms with Crippen LogP contribution in [0.25, 0.3) is 0 Å². The van der Waals surface area contributed by atoms with E-state index >= 15 is 0 Å². The zero-order chi connectivity index (χ0) is 20.0. The number of carbonyl (C=O) groups is 3. The summed E-state index contributed by atoms with van der Waals surface area (Å²) in [7, 11) is 0. The molecule has 0 bridgehead atoms. The number of amides is 3. The number of nitrogens with one attached hydrogen (secondary N) is 2. The van der Waals surface area contributed by atoms with Crippen molar-refractivity contribution in [3.63, 3.8) is 0 Å². The van der Waals surface area contributed by atoms with Crippen LogP contribution in [0.5, 0.6) is 0 Å². The molecule has 9 heteroatoms. The molecule has 4 heterocycles. The number of piperidine rings is 1. The first kappa shape index (κ1) is 21.1. The second-order valence-electron chi connectivity index (χ2n) is 8.55. The quantitative estimate of drug-likeness (QED) is 0.660. The SMILES string of the molecule is Cl.O=C1CCC(N2Cc3cc(N4CCN(CC5CNC5)CC4)ccc3C2=O)C(=O)N1. The molecule has 8 nitrogen and oxygen atoms in total. The van der Waals surface area contributed by atoms with Gasteiger partial charge in [0.2, 0.25) is 11.8 Å². The average Bonchev–Trinajstić information content (AvgIpc) is 3.01. The molecule has 30 heavy (non-hydrogen) atoms. The number of halogens is 1. The van der Waals surface area contributed by atoms with Crippen molar-refractivity contribution in [3.8, 4) is 0 Å². The molecule has 0 radical (unpaired) electrons. The van der Waals surface area contributed by atoms with Crippen molar-refractivity contribution >= 4 is 35.8 Å². The van der Waals surface area contributed by atoms with Crippen LogP contribution in [0, 0.1) is 5.92 Å². The molecule has 2 N–H and O–H groups in total. The molecule has 0 spiro atoms. The predicted octanol–water partition coefficient (Wildman–Crippen LogP) is 0.211. The highest BCUT2D eigenvalue weighted by Gasteiger charge is 2.39. The van der Waals surface area contributed by atoms with Crippen molar-refractivity contribution in [3.05, 3.63) is 29.3 Å². The third-order valence-electron chi connectivity index (χ3n) is 6.63. The van der Waals surface area contributed by atoms with E-state index in [2.05, 4.69) is 26.5 Å². The van der Waals surface area contributed by atoms with Crippen molar-refractivity contribution < 1.29 is 14.4 Å². The minimum Gasteiger partial charge on any atom is -0.369 e. The molecule has 1 aromatic carbocycles. The molecule has 1 atom stereocenters. The van der Waals surface area contributed by atoms with Crippen LogP contribution < -0.4 is 15.5 Å². The van der Waals surface area contributed by atoms with Crippen molar-refractivity contribution in [1.82, 2.24) is 20.4 Å². The number of rotatable bonds is 4. The molecule has 3 fully saturated rings. The van der Waals surface area contributed by atoms with Gasteiger partial charge in [-0.25, -0.2) is 0 Å². The van der Waals surface area contributed by atoms with Crippen LogP contribution in [-0.2, 0) is 16.1 Å². The Morgan fingerprint density at radius 3 is 2.47 bits per heavy atom. The number of hydrogen-bond donors (Lipinski definition) is 2. The first-order chi connectivity index (χ1) is 14.1. The van der Waals surface area contributed by atoms with E-state index in [1.165, 1.54) is 6.54 Å². The Hall–Kier alpha value is -2.16. The molecule has 0 saturated carbocycles. The van der Waals surface area contributed by atoms with Gasteiger partial charge in [0.05, 0.1) is 0 Å². The number of hydrogen-bond acceptors (Lipinski definition) is 6. The van der Waals surface area contributed by atoms with E-state index < -0.39 is 6.04 Å². The van der Waals surface area contributed by atoms with Gasteiger partial charge < -0.3 is 15.1 Å². The maximum atomic E-state index is 12.8. The third kappa shape index (κ3) is 3.91. The van der Waals surface area contributed by atoms with Gasteiger partial charge in [-0.3, -0.25) is 24.6 Å². The summed E-state index contributed by atoms with van der Waals surface area (Å²) in [5.41, 5.74) is 2.79. The number of nitrogens with zero attached hydrogens (tertiary/aromatic N) is 3. The molecule has 1 aromatic rings. The van der Waals surface area contributed by atoms with Crippen LogP contribution in [0.4, 0.5) is 5.69 Å². The molecular formula is C21H28ClN5O3. The van der Waals surface area contributed by atoms with E-state index in [4.69, 9.17) is 0 Å². The standard InChI is InChI=1S/C21H27N5O3.ClH/c27-19-4-3-18(20(28)23-19)26-13-15-9-16(1-2-17(15)21(26)29)25-7-5-24(6-8-25)12-14-10-22-11-14;/h1-2,9,14,18,22H,3-8,10-13H2,(H,23,27,28);1H. The molecule has 0 aromatic heterocycles. The van der Waals surface area contributed by atoms with Gasteiger partial charge in [0.25, 0.3) is 5.91 Å². The first-order valence-corrected chi connectivity index (χ1v) is 10.5. The maximum Gasteiger partial charge on any atom is 0.255 e. The zero-order valence-corrected chi connectivity index (χ0v) is 17.7. The summed E-state index contributed by atoms with van der Waals surface area (Å²) >= 11 is 0. The third-order valence-corrected chi connectivity index (χ3v) is 6.63. The van der Waals surface area contributed by atoms with Crippen LogP contribution in [0.15, 0.2) is 18.2 Å². The molecule has 3 amide bonds. The molecule has 4 aliphatic rings. The molecule has 1 unspecified atom stereocenters. The normalized spacial score (nSPS) is 24.9. The van der Waals surface area contributed by atoms with Gasteiger partial charge in [0.15, 0.2) is 0 Å². The molecule has 162 valence electrons. The highest BCUT2D eigenvalue weighted by molar-refractivity contribution is 6.05. The highest BCUT2D eigenvalue weighted by atomic mass is 35.5. The fourth-order valence-corrected chi connectivity index (χ4v) is 4.79. The molecular weight excluding hydrogens is 406 g/mol. The summed E-state index contributed by atoms with van der Waals surface area (Å²) in [6.45, 7) is 8.01. The second-order valence-corrected chi connectivity index (χ2v) is 8.55. The zero-order valence-electron chi connectivity index (χ0n) is 16.9. The summed E-state index contributed by atoms with van der Waals surface area (Å²) in [4.78, 5) is 43.0. The smallest absolute Gasteiger partial charge is 0.255 e. The van der Waals surface area contributed by atoms with E-state index in [-0.39, 0.29) is 36.5 Å². The minimum absolute atomic E-state index is 0. The molecule has 3 saturated heterocycles. The molecule has 0 aliphatic carbocycles. The Balaban J connectivity index is 0.00000218. The predicted molar refractivity (Wildman–Crippen MR) is 115 cm³/mol. The minimum atomic E-state index is -0.555. The second kappa shape index (κ2) is 8.53. The van der Waals surface area contributed by atoms with Crippen LogP contribution in [-0.4, -0.2) is 79.4 Å². The first-order valence-electron chi connectivity index (χ1n) is 10.5. The summed E-state index contributed by atoms with van der Waals surface area (Å²) in [5, 5.41) is 5.69. The Labute approximate surface area is 182 Å². The van der Waals surface area contributed by atoms with E-state index in [0.717, 1.165) is 56.4 Å². The summed E-state index contributed by atoms with van der Waals surface area (Å²) in [6, 6.07) is 5.46. The van der Waals surface area contributed by atoms with E-state index in [1.54, 1.807) is 4.90 Å². The van der Waals surface area contributed by atoms with Crippen molar-refractivity contribution in [2.75, 3.05) is 50.7 Å². The molecule has 4 aliphatic heterocycles. The van der Waals surface area contributed by atoms with Gasteiger partial charge in [0, 0.05) is 70.0 Å². The molecule has 5 rings (SSSR count). The van der Waals surface area contributed by atoms with Crippen LogP contribution >= 0.6 is 12.4 Å². The number of carbonyl (C=O) groups excluding carboxylic acids is 3. The number of anilines is 1. The Morgan fingerprint density at radius 1 is 1.03 bits per heavy atom. The van der Waals surface area contributed by atoms with E-state index in [0.29, 0.717) is 18.5 Å². The topological polar surface area (TPSA) is 85.0 Å². The van der Waals surface area contributed by atoms with E-state index in [9.17, 15) is 14.4 Å². The number of imide groups is 1. The number of benzene rings is 1. The fraction of sp³-hybridized carbons (Fsp3) is 0.571. The Bertz CT molecular complexity index is 851. The van der Waals surface area contributed by atoms with E-state index in [1.807, 2.05) is 12.1 Å². The van der Waals surface area contributed by atoms with Gasteiger partial charge in [-0.2, -0.15) is 0 Å². The number of piperazine rings is 1. The Morgan fingerprint density at radius 2 is 1.80 bits per heavy atom. The van der Waals surface area contributed by atoms with Gasteiger partial charge in [0.1, 0.15) is 6.04 Å². The summed E-state index contributed by atoms with van der Waals surface area (Å²) in [5.74, 6) is 0.0663. The van der Waals surface area contributed by atoms with Crippen LogP contribution in [0.3, 0.4) is 0 Å². The fourth-order valence-electron chi connectivity index (χ4n) is 4.79. The van der Waals surface area contributed by atoms with Crippen LogP contribution in [0.2, 0.25) is 0 Å². The van der Waals surface area contributed by atoms with Crippen LogP contribution in [0.1, 0.15) is 28.8 Å². The van der Waals surface area contributed by atoms with Gasteiger partial charge in [-0.15, -0.1) is 12.4 Å². The average molecular weight is 434 g/mol. The Kier molecular flexibility index (Phi) is 5.99. The summed E-state index contributed by atoms with van der Waals surface area (Å²) in [6.07, 6.45) is 0.679. The lowest BCUT2D eigenvalue weighted by Gasteiger charge is -2.39. The van der Waals surface area contributed by atoms with Gasteiger partial charge >= 0.3 is 0 Å². The highest BCUT2D eigenvalue weighted by Crippen LogP contribution is 2.31.